The Morgan fingerprint density at radius 1 is 1.32 bits per heavy atom. The molecular weight excluding hydrogens is 244 g/mol. The van der Waals surface area contributed by atoms with E-state index in [1.807, 2.05) is 22.9 Å². The number of benzene rings is 1. The first-order valence-electron chi connectivity index (χ1n) is 5.83. The van der Waals surface area contributed by atoms with Gasteiger partial charge in [-0.15, -0.1) is 0 Å². The fraction of sp³-hybridized carbons (Fsp3) is 0.143. The van der Waals surface area contributed by atoms with E-state index in [2.05, 4.69) is 4.98 Å². The number of methoxy groups -OCH3 is 1. The molecule has 0 aliphatic heterocycles. The minimum absolute atomic E-state index is 0.368. The Bertz CT molecular complexity index is 760. The highest BCUT2D eigenvalue weighted by Gasteiger charge is 2.11. The molecular formula is C14H12N2O3. The van der Waals surface area contributed by atoms with Crippen LogP contribution in [-0.2, 0) is 6.54 Å². The van der Waals surface area contributed by atoms with Gasteiger partial charge in [-0.3, -0.25) is 0 Å². The zero-order chi connectivity index (χ0) is 13.2. The lowest BCUT2D eigenvalue weighted by Gasteiger charge is -2.11. The third-order valence-corrected chi connectivity index (χ3v) is 2.97. The second-order valence-electron chi connectivity index (χ2n) is 4.15. The molecule has 0 radical (unpaired) electrons. The first-order chi connectivity index (χ1) is 9.28. The molecule has 0 N–H and O–H groups in total. The van der Waals surface area contributed by atoms with Crippen LogP contribution in [0, 0.1) is 0 Å². The lowest BCUT2D eigenvalue weighted by Crippen LogP contribution is -2.03. The Hall–Kier alpha value is -2.56. The Morgan fingerprint density at radius 3 is 2.89 bits per heavy atom. The second kappa shape index (κ2) is 4.61. The molecule has 0 aliphatic rings. The van der Waals surface area contributed by atoms with Crippen LogP contribution >= 0.6 is 0 Å². The molecule has 2 heterocycles. The highest BCUT2D eigenvalue weighted by Crippen LogP contribution is 2.27. The highest BCUT2D eigenvalue weighted by atomic mass is 16.5. The fourth-order valence-corrected chi connectivity index (χ4v) is 2.08. The maximum absolute atomic E-state index is 11.4. The monoisotopic (exact) mass is 256 g/mol. The summed E-state index contributed by atoms with van der Waals surface area (Å²) < 4.78 is 12.6. The summed E-state index contributed by atoms with van der Waals surface area (Å²) in [6.07, 6.45) is 5.26. The van der Waals surface area contributed by atoms with Crippen molar-refractivity contribution in [2.45, 2.75) is 6.54 Å². The van der Waals surface area contributed by atoms with Gasteiger partial charge < -0.3 is 13.7 Å². The van der Waals surface area contributed by atoms with Gasteiger partial charge in [0.1, 0.15) is 11.3 Å². The largest absolute Gasteiger partial charge is 0.496 e. The Labute approximate surface area is 109 Å². The van der Waals surface area contributed by atoms with Crippen molar-refractivity contribution in [3.05, 3.63) is 59.0 Å². The lowest BCUT2D eigenvalue weighted by atomic mass is 10.1. The van der Waals surface area contributed by atoms with Crippen LogP contribution in [-0.4, -0.2) is 16.7 Å². The lowest BCUT2D eigenvalue weighted by molar-refractivity contribution is 0.407. The van der Waals surface area contributed by atoms with Gasteiger partial charge in [0.15, 0.2) is 0 Å². The predicted molar refractivity (Wildman–Crippen MR) is 70.4 cm³/mol. The smallest absolute Gasteiger partial charge is 0.336 e. The fourth-order valence-electron chi connectivity index (χ4n) is 2.08. The van der Waals surface area contributed by atoms with Gasteiger partial charge in [-0.05, 0) is 18.2 Å². The minimum atomic E-state index is -0.368. The van der Waals surface area contributed by atoms with Gasteiger partial charge in [0.2, 0.25) is 0 Å². The summed E-state index contributed by atoms with van der Waals surface area (Å²) in [4.78, 5) is 15.4. The van der Waals surface area contributed by atoms with Crippen LogP contribution in [0.3, 0.4) is 0 Å². The molecule has 2 aromatic heterocycles. The van der Waals surface area contributed by atoms with E-state index in [-0.39, 0.29) is 5.63 Å². The van der Waals surface area contributed by atoms with E-state index in [1.54, 1.807) is 25.7 Å². The Balaban J connectivity index is 2.23. The molecule has 0 saturated heterocycles. The van der Waals surface area contributed by atoms with E-state index >= 15 is 0 Å². The zero-order valence-electron chi connectivity index (χ0n) is 10.4. The summed E-state index contributed by atoms with van der Waals surface area (Å²) in [5.74, 6) is 0.690. The summed E-state index contributed by atoms with van der Waals surface area (Å²) in [5, 5.41) is 0.871. The molecule has 1 aromatic carbocycles. The number of hydrogen-bond acceptors (Lipinski definition) is 4. The summed E-state index contributed by atoms with van der Waals surface area (Å²) in [7, 11) is 1.60. The van der Waals surface area contributed by atoms with E-state index in [0.717, 1.165) is 10.9 Å². The molecule has 0 unspecified atom stereocenters. The third kappa shape index (κ3) is 2.10. The van der Waals surface area contributed by atoms with Gasteiger partial charge in [-0.2, -0.15) is 0 Å². The van der Waals surface area contributed by atoms with E-state index < -0.39 is 0 Å². The van der Waals surface area contributed by atoms with Crippen molar-refractivity contribution in [3.8, 4) is 5.75 Å². The molecule has 3 rings (SSSR count). The summed E-state index contributed by atoms with van der Waals surface area (Å²) in [6.45, 7) is 0.535. The summed E-state index contributed by atoms with van der Waals surface area (Å²) in [6, 6.07) is 6.90. The normalized spacial score (nSPS) is 10.8. The zero-order valence-corrected chi connectivity index (χ0v) is 10.4. The van der Waals surface area contributed by atoms with Gasteiger partial charge in [0, 0.05) is 23.8 Å². The number of fused-ring (bicyclic) bond motifs is 1. The van der Waals surface area contributed by atoms with E-state index in [4.69, 9.17) is 9.15 Å². The van der Waals surface area contributed by atoms with Crippen molar-refractivity contribution in [2.24, 2.45) is 0 Å². The molecule has 0 atom stereocenters. The third-order valence-electron chi connectivity index (χ3n) is 2.97. The van der Waals surface area contributed by atoms with Crippen molar-refractivity contribution in [1.29, 1.82) is 0 Å². The maximum atomic E-state index is 11.4. The van der Waals surface area contributed by atoms with Crippen LogP contribution in [0.1, 0.15) is 5.56 Å². The van der Waals surface area contributed by atoms with E-state index in [1.165, 1.54) is 6.07 Å². The van der Waals surface area contributed by atoms with Crippen LogP contribution < -0.4 is 10.4 Å². The summed E-state index contributed by atoms with van der Waals surface area (Å²) >= 11 is 0. The first kappa shape index (κ1) is 11.5. The average molecular weight is 256 g/mol. The number of nitrogens with zero attached hydrogens (tertiary/aromatic N) is 2. The number of aromatic nitrogens is 2. The second-order valence-corrected chi connectivity index (χ2v) is 4.15. The maximum Gasteiger partial charge on any atom is 0.336 e. The van der Waals surface area contributed by atoms with Gasteiger partial charge in [-0.1, -0.05) is 0 Å². The van der Waals surface area contributed by atoms with Gasteiger partial charge >= 0.3 is 5.63 Å². The molecule has 19 heavy (non-hydrogen) atoms. The van der Waals surface area contributed by atoms with Crippen molar-refractivity contribution < 1.29 is 9.15 Å². The highest BCUT2D eigenvalue weighted by molar-refractivity contribution is 5.82. The molecule has 0 aliphatic carbocycles. The minimum Gasteiger partial charge on any atom is -0.496 e. The number of imidazole rings is 1. The molecule has 5 nitrogen and oxygen atoms in total. The molecule has 0 amide bonds. The summed E-state index contributed by atoms with van der Waals surface area (Å²) in [5.41, 5.74) is 1.02. The number of ether oxygens (including phenoxy) is 1. The van der Waals surface area contributed by atoms with E-state index in [9.17, 15) is 4.79 Å². The van der Waals surface area contributed by atoms with Crippen molar-refractivity contribution in [2.75, 3.05) is 7.11 Å². The van der Waals surface area contributed by atoms with Crippen molar-refractivity contribution >= 4 is 11.0 Å². The molecule has 3 aromatic rings. The predicted octanol–water partition coefficient (Wildman–Crippen LogP) is 2.05. The van der Waals surface area contributed by atoms with Crippen LogP contribution in [0.25, 0.3) is 11.0 Å². The van der Waals surface area contributed by atoms with Crippen LogP contribution in [0.2, 0.25) is 0 Å². The SMILES string of the molecule is COc1ccc2ccc(=O)oc2c1Cn1ccnc1. The molecule has 96 valence electrons. The molecule has 0 bridgehead atoms. The topological polar surface area (TPSA) is 57.3 Å². The van der Waals surface area contributed by atoms with Gasteiger partial charge in [0.25, 0.3) is 0 Å². The van der Waals surface area contributed by atoms with E-state index in [0.29, 0.717) is 17.9 Å². The van der Waals surface area contributed by atoms with Crippen molar-refractivity contribution in [1.82, 2.24) is 9.55 Å². The van der Waals surface area contributed by atoms with Crippen molar-refractivity contribution in [3.63, 3.8) is 0 Å². The average Bonchev–Trinajstić information content (AvgIpc) is 2.92. The molecule has 5 heteroatoms. The van der Waals surface area contributed by atoms with Crippen LogP contribution in [0.15, 0.2) is 52.2 Å². The van der Waals surface area contributed by atoms with Gasteiger partial charge in [-0.25, -0.2) is 9.78 Å². The Morgan fingerprint density at radius 2 is 2.16 bits per heavy atom. The number of hydrogen-bond donors (Lipinski definition) is 0. The molecule has 0 fully saturated rings. The van der Waals surface area contributed by atoms with Crippen LogP contribution in [0.5, 0.6) is 5.75 Å². The Kier molecular flexibility index (Phi) is 2.79. The van der Waals surface area contributed by atoms with Crippen LogP contribution in [0.4, 0.5) is 0 Å². The number of rotatable bonds is 3. The quantitative estimate of drug-likeness (QED) is 0.673. The standard InChI is InChI=1S/C14H12N2O3/c1-18-12-4-2-10-3-5-13(17)19-14(10)11(12)8-16-7-6-15-9-16/h2-7,9H,8H2,1H3. The molecule has 0 spiro atoms. The van der Waals surface area contributed by atoms with Gasteiger partial charge in [0.05, 0.1) is 25.5 Å². The first-order valence-corrected chi connectivity index (χ1v) is 5.83. The molecule has 0 saturated carbocycles.